The number of anilines is 1. The number of alkyl halides is 2. The van der Waals surface area contributed by atoms with Crippen molar-refractivity contribution in [3.05, 3.63) is 63.1 Å². The molecule has 0 spiro atoms. The number of nitrogens with zero attached hydrogens (tertiary/aromatic N) is 1. The van der Waals surface area contributed by atoms with E-state index in [2.05, 4.69) is 31.9 Å². The van der Waals surface area contributed by atoms with E-state index in [-0.39, 0.29) is 24.9 Å². The monoisotopic (exact) mass is 461 g/mol. The lowest BCUT2D eigenvalue weighted by molar-refractivity contribution is 0.0926. The summed E-state index contributed by atoms with van der Waals surface area (Å²) < 4.78 is -0.202. The summed E-state index contributed by atoms with van der Waals surface area (Å²) in [7, 11) is 0. The summed E-state index contributed by atoms with van der Waals surface area (Å²) >= 11 is 19.0. The predicted octanol–water partition coefficient (Wildman–Crippen LogP) is 5.58. The molecule has 22 heavy (non-hydrogen) atoms. The average molecular weight is 464 g/mol. The molecule has 0 bridgehead atoms. The van der Waals surface area contributed by atoms with Crippen LogP contribution in [0, 0.1) is 0 Å². The van der Waals surface area contributed by atoms with Crippen molar-refractivity contribution in [3.8, 4) is 0 Å². The third-order valence-corrected chi connectivity index (χ3v) is 4.97. The molecular weight excluding hydrogens is 457 g/mol. The molecule has 2 aromatic rings. The van der Waals surface area contributed by atoms with Crippen LogP contribution in [0.2, 0.25) is 10.0 Å². The van der Waals surface area contributed by atoms with Crippen LogP contribution in [0.5, 0.6) is 0 Å². The van der Waals surface area contributed by atoms with Crippen LogP contribution in [0.25, 0.3) is 0 Å². The Bertz CT molecular complexity index is 767. The van der Waals surface area contributed by atoms with Crippen molar-refractivity contribution >= 4 is 72.6 Å². The van der Waals surface area contributed by atoms with Crippen molar-refractivity contribution in [2.45, 2.75) is 3.74 Å². The maximum Gasteiger partial charge on any atom is 0.267 e. The van der Waals surface area contributed by atoms with Crippen LogP contribution in [0.4, 0.5) is 5.69 Å². The number of carbonyl (C=O) groups excluding carboxylic acids is 2. The normalized spacial score (nSPS) is 14.0. The standard InChI is InChI=1S/C15H7Br2Cl2NO2/c16-13(17)7-3-1-2-4-10(7)20-14(21)11-8(18)5-6-9(19)12(11)15(20)22/h1-6,13H. The van der Waals surface area contributed by atoms with Crippen molar-refractivity contribution in [2.24, 2.45) is 0 Å². The highest BCUT2D eigenvalue weighted by atomic mass is 79.9. The molecule has 112 valence electrons. The van der Waals surface area contributed by atoms with E-state index in [1.807, 2.05) is 12.1 Å². The summed E-state index contributed by atoms with van der Waals surface area (Å²) in [5.41, 5.74) is 1.54. The van der Waals surface area contributed by atoms with E-state index in [1.54, 1.807) is 12.1 Å². The average Bonchev–Trinajstić information content (AvgIpc) is 2.75. The van der Waals surface area contributed by atoms with Crippen LogP contribution in [0.1, 0.15) is 30.0 Å². The topological polar surface area (TPSA) is 37.4 Å². The van der Waals surface area contributed by atoms with Crippen molar-refractivity contribution < 1.29 is 9.59 Å². The molecule has 1 heterocycles. The van der Waals surface area contributed by atoms with Crippen molar-refractivity contribution in [1.29, 1.82) is 0 Å². The Hall–Kier alpha value is -0.880. The maximum absolute atomic E-state index is 12.7. The first-order valence-electron chi connectivity index (χ1n) is 6.17. The molecule has 0 atom stereocenters. The number of carbonyl (C=O) groups is 2. The molecule has 0 N–H and O–H groups in total. The first kappa shape index (κ1) is 16.0. The number of amides is 2. The van der Waals surface area contributed by atoms with Gasteiger partial charge >= 0.3 is 0 Å². The fraction of sp³-hybridized carbons (Fsp3) is 0.0667. The number of hydrogen-bond acceptors (Lipinski definition) is 2. The molecular formula is C15H7Br2Cl2NO2. The summed E-state index contributed by atoms with van der Waals surface area (Å²) in [6, 6.07) is 10.1. The highest BCUT2D eigenvalue weighted by Crippen LogP contribution is 2.41. The molecule has 0 saturated carbocycles. The lowest BCUT2D eigenvalue weighted by atomic mass is 10.1. The van der Waals surface area contributed by atoms with Crippen LogP contribution in [0.15, 0.2) is 36.4 Å². The molecule has 7 heteroatoms. The quantitative estimate of drug-likeness (QED) is 0.430. The van der Waals surface area contributed by atoms with Crippen molar-refractivity contribution in [2.75, 3.05) is 4.90 Å². The highest BCUT2D eigenvalue weighted by Gasteiger charge is 2.41. The second-order valence-corrected chi connectivity index (χ2v) is 8.46. The third-order valence-electron chi connectivity index (χ3n) is 3.35. The summed E-state index contributed by atoms with van der Waals surface area (Å²) in [5, 5.41) is 0.430. The molecule has 0 aliphatic carbocycles. The van der Waals surface area contributed by atoms with Crippen LogP contribution >= 0.6 is 55.1 Å². The van der Waals surface area contributed by atoms with E-state index in [1.165, 1.54) is 12.1 Å². The second kappa shape index (κ2) is 5.96. The fourth-order valence-corrected chi connectivity index (χ4v) is 3.63. The smallest absolute Gasteiger partial charge is 0.267 e. The Morgan fingerprint density at radius 1 is 0.864 bits per heavy atom. The minimum Gasteiger partial charge on any atom is -0.268 e. The van der Waals surface area contributed by atoms with E-state index >= 15 is 0 Å². The van der Waals surface area contributed by atoms with E-state index in [9.17, 15) is 9.59 Å². The minimum atomic E-state index is -0.472. The van der Waals surface area contributed by atoms with Gasteiger partial charge < -0.3 is 0 Å². The fourth-order valence-electron chi connectivity index (χ4n) is 2.38. The van der Waals surface area contributed by atoms with Gasteiger partial charge in [0.05, 0.1) is 30.6 Å². The van der Waals surface area contributed by atoms with Gasteiger partial charge in [0, 0.05) is 5.56 Å². The molecule has 2 aromatic carbocycles. The molecule has 1 aliphatic rings. The molecule has 3 rings (SSSR count). The van der Waals surface area contributed by atoms with Crippen LogP contribution in [0.3, 0.4) is 0 Å². The Morgan fingerprint density at radius 2 is 1.36 bits per heavy atom. The molecule has 0 unspecified atom stereocenters. The van der Waals surface area contributed by atoms with Crippen molar-refractivity contribution in [3.63, 3.8) is 0 Å². The summed E-state index contributed by atoms with van der Waals surface area (Å²) in [6.45, 7) is 0. The lowest BCUT2D eigenvalue weighted by Crippen LogP contribution is -2.30. The second-order valence-electron chi connectivity index (χ2n) is 4.58. The lowest BCUT2D eigenvalue weighted by Gasteiger charge is -2.18. The van der Waals surface area contributed by atoms with Crippen LogP contribution in [-0.4, -0.2) is 11.8 Å². The Kier molecular flexibility index (Phi) is 4.34. The zero-order valence-corrected chi connectivity index (χ0v) is 15.5. The molecule has 2 amide bonds. The van der Waals surface area contributed by atoms with Crippen molar-refractivity contribution in [1.82, 2.24) is 0 Å². The van der Waals surface area contributed by atoms with Gasteiger partial charge in [-0.1, -0.05) is 73.3 Å². The van der Waals surface area contributed by atoms with Crippen LogP contribution in [-0.2, 0) is 0 Å². The number of rotatable bonds is 2. The highest BCUT2D eigenvalue weighted by molar-refractivity contribution is 9.24. The van der Waals surface area contributed by atoms with Gasteiger partial charge in [0.25, 0.3) is 11.8 Å². The molecule has 0 saturated heterocycles. The number of benzene rings is 2. The van der Waals surface area contributed by atoms with Gasteiger partial charge in [0.2, 0.25) is 0 Å². The summed E-state index contributed by atoms with van der Waals surface area (Å²) in [6.07, 6.45) is 0. The Balaban J connectivity index is 2.21. The van der Waals surface area contributed by atoms with Gasteiger partial charge in [-0.3, -0.25) is 9.59 Å². The third kappa shape index (κ3) is 2.40. The largest absolute Gasteiger partial charge is 0.268 e. The molecule has 0 aromatic heterocycles. The molecule has 0 radical (unpaired) electrons. The molecule has 1 aliphatic heterocycles. The van der Waals surface area contributed by atoms with Gasteiger partial charge in [-0.15, -0.1) is 0 Å². The molecule has 3 nitrogen and oxygen atoms in total. The van der Waals surface area contributed by atoms with Gasteiger partial charge in [0.1, 0.15) is 0 Å². The zero-order chi connectivity index (χ0) is 16.0. The van der Waals surface area contributed by atoms with Crippen LogP contribution < -0.4 is 4.90 Å². The Labute approximate surface area is 153 Å². The number of hydrogen-bond donors (Lipinski definition) is 0. The first-order valence-corrected chi connectivity index (χ1v) is 8.76. The van der Waals surface area contributed by atoms with E-state index in [4.69, 9.17) is 23.2 Å². The minimum absolute atomic E-state index is 0.148. The number of halogens is 4. The Morgan fingerprint density at radius 3 is 1.86 bits per heavy atom. The number of imide groups is 1. The number of para-hydroxylation sites is 1. The first-order chi connectivity index (χ1) is 10.4. The summed E-state index contributed by atoms with van der Waals surface area (Å²) in [5.74, 6) is -0.943. The van der Waals surface area contributed by atoms with Gasteiger partial charge in [0.15, 0.2) is 0 Å². The van der Waals surface area contributed by atoms with Gasteiger partial charge in [-0.2, -0.15) is 0 Å². The van der Waals surface area contributed by atoms with Gasteiger partial charge in [-0.25, -0.2) is 4.90 Å². The maximum atomic E-state index is 12.7. The molecule has 0 fully saturated rings. The predicted molar refractivity (Wildman–Crippen MR) is 94.6 cm³/mol. The SMILES string of the molecule is O=C1c2c(Cl)ccc(Cl)c2C(=O)N1c1ccccc1C(Br)Br. The van der Waals surface area contributed by atoms with E-state index in [0.717, 1.165) is 10.5 Å². The van der Waals surface area contributed by atoms with Gasteiger partial charge in [-0.05, 0) is 18.2 Å². The summed E-state index contributed by atoms with van der Waals surface area (Å²) in [4.78, 5) is 26.5. The van der Waals surface area contributed by atoms with E-state index < -0.39 is 11.8 Å². The zero-order valence-electron chi connectivity index (χ0n) is 10.8. The van der Waals surface area contributed by atoms with E-state index in [0.29, 0.717) is 5.69 Å². The number of fused-ring (bicyclic) bond motifs is 1.